The fourth-order valence-electron chi connectivity index (χ4n) is 2.49. The highest BCUT2D eigenvalue weighted by Gasteiger charge is 2.21. The Balaban J connectivity index is 1.72. The van der Waals surface area contributed by atoms with E-state index in [0.717, 1.165) is 10.8 Å². The third-order valence-electron chi connectivity index (χ3n) is 3.82. The summed E-state index contributed by atoms with van der Waals surface area (Å²) in [6, 6.07) is 19.3. The lowest BCUT2D eigenvalue weighted by atomic mass is 10.1. The van der Waals surface area contributed by atoms with Crippen LogP contribution in [0.2, 0.25) is 0 Å². The molecule has 3 rings (SSSR count). The van der Waals surface area contributed by atoms with Gasteiger partial charge in [-0.2, -0.15) is 0 Å². The van der Waals surface area contributed by atoms with Crippen molar-refractivity contribution < 1.29 is 19.4 Å². The summed E-state index contributed by atoms with van der Waals surface area (Å²) in [6.45, 7) is 1.48. The standard InChI is InChI=1S/C20H17NO4/c1-13(25-20(24)16-10-4-5-12-18(16)22)19(23)21-17-11-6-8-14-7-2-3-9-15(14)17/h2-13,22H,1H3,(H,21,23)/t13-/m0/s1. The molecule has 0 aliphatic rings. The summed E-state index contributed by atoms with van der Waals surface area (Å²) in [5.41, 5.74) is 0.667. The maximum atomic E-state index is 12.4. The number of fused-ring (bicyclic) bond motifs is 1. The first-order valence-corrected chi connectivity index (χ1v) is 7.84. The highest BCUT2D eigenvalue weighted by atomic mass is 16.5. The Hall–Kier alpha value is -3.34. The molecule has 0 unspecified atom stereocenters. The van der Waals surface area contributed by atoms with Crippen LogP contribution >= 0.6 is 0 Å². The van der Waals surface area contributed by atoms with Crippen molar-refractivity contribution in [1.82, 2.24) is 0 Å². The molecule has 126 valence electrons. The number of anilines is 1. The number of ether oxygens (including phenoxy) is 1. The first kappa shape index (κ1) is 16.5. The number of hydrogen-bond donors (Lipinski definition) is 2. The van der Waals surface area contributed by atoms with Gasteiger partial charge in [0.05, 0.1) is 0 Å². The van der Waals surface area contributed by atoms with Gasteiger partial charge in [0.2, 0.25) is 0 Å². The number of amides is 1. The number of aromatic hydroxyl groups is 1. The fraction of sp³-hybridized carbons (Fsp3) is 0.100. The van der Waals surface area contributed by atoms with Gasteiger partial charge in [0, 0.05) is 11.1 Å². The van der Waals surface area contributed by atoms with Crippen molar-refractivity contribution in [2.24, 2.45) is 0 Å². The second-order valence-corrected chi connectivity index (χ2v) is 5.58. The van der Waals surface area contributed by atoms with Crippen LogP contribution in [-0.4, -0.2) is 23.1 Å². The van der Waals surface area contributed by atoms with Crippen LogP contribution in [0.4, 0.5) is 5.69 Å². The van der Waals surface area contributed by atoms with Gasteiger partial charge in [0.25, 0.3) is 5.91 Å². The van der Waals surface area contributed by atoms with Gasteiger partial charge in [-0.15, -0.1) is 0 Å². The van der Waals surface area contributed by atoms with Crippen LogP contribution in [0.1, 0.15) is 17.3 Å². The molecule has 0 aliphatic heterocycles. The zero-order valence-electron chi connectivity index (χ0n) is 13.6. The Morgan fingerprint density at radius 1 is 0.960 bits per heavy atom. The summed E-state index contributed by atoms with van der Waals surface area (Å²) in [6.07, 6.45) is -1.01. The summed E-state index contributed by atoms with van der Waals surface area (Å²) >= 11 is 0. The van der Waals surface area contributed by atoms with E-state index in [1.165, 1.54) is 19.1 Å². The van der Waals surface area contributed by atoms with E-state index < -0.39 is 18.0 Å². The van der Waals surface area contributed by atoms with Crippen LogP contribution in [0, 0.1) is 0 Å². The molecule has 0 heterocycles. The molecule has 3 aromatic carbocycles. The van der Waals surface area contributed by atoms with Gasteiger partial charge in [-0.05, 0) is 30.5 Å². The zero-order chi connectivity index (χ0) is 17.8. The van der Waals surface area contributed by atoms with Crippen molar-refractivity contribution in [1.29, 1.82) is 0 Å². The highest BCUT2D eigenvalue weighted by Crippen LogP contribution is 2.23. The lowest BCUT2D eigenvalue weighted by Crippen LogP contribution is -2.30. The van der Waals surface area contributed by atoms with Crippen molar-refractivity contribution in [3.05, 3.63) is 72.3 Å². The third kappa shape index (κ3) is 3.61. The average molecular weight is 335 g/mol. The summed E-state index contributed by atoms with van der Waals surface area (Å²) in [5.74, 6) is -1.38. The number of nitrogens with one attached hydrogen (secondary N) is 1. The number of carbonyl (C=O) groups is 2. The predicted octanol–water partition coefficient (Wildman–Crippen LogP) is 3.73. The molecule has 5 nitrogen and oxygen atoms in total. The number of hydrogen-bond acceptors (Lipinski definition) is 4. The maximum Gasteiger partial charge on any atom is 0.342 e. The Bertz CT molecular complexity index is 930. The van der Waals surface area contributed by atoms with Crippen LogP contribution in [0.15, 0.2) is 66.7 Å². The molecule has 2 N–H and O–H groups in total. The molecule has 1 atom stereocenters. The van der Waals surface area contributed by atoms with Gasteiger partial charge in [0.15, 0.2) is 6.10 Å². The third-order valence-corrected chi connectivity index (χ3v) is 3.82. The van der Waals surface area contributed by atoms with E-state index in [0.29, 0.717) is 5.69 Å². The first-order valence-electron chi connectivity index (χ1n) is 7.84. The normalized spacial score (nSPS) is 11.7. The summed E-state index contributed by atoms with van der Waals surface area (Å²) < 4.78 is 5.15. The molecule has 0 saturated carbocycles. The van der Waals surface area contributed by atoms with Gasteiger partial charge in [-0.3, -0.25) is 4.79 Å². The molecular weight excluding hydrogens is 318 g/mol. The molecular formula is C20H17NO4. The van der Waals surface area contributed by atoms with Crippen molar-refractivity contribution >= 4 is 28.3 Å². The van der Waals surface area contributed by atoms with Crippen LogP contribution in [0.5, 0.6) is 5.75 Å². The van der Waals surface area contributed by atoms with Crippen LogP contribution < -0.4 is 5.32 Å². The topological polar surface area (TPSA) is 75.6 Å². The van der Waals surface area contributed by atoms with Crippen LogP contribution in [0.3, 0.4) is 0 Å². The molecule has 0 saturated heterocycles. The highest BCUT2D eigenvalue weighted by molar-refractivity contribution is 6.04. The Kier molecular flexibility index (Phi) is 4.66. The first-order chi connectivity index (χ1) is 12.1. The van der Waals surface area contributed by atoms with Crippen molar-refractivity contribution in [3.8, 4) is 5.75 Å². The van der Waals surface area contributed by atoms with E-state index in [1.54, 1.807) is 18.2 Å². The summed E-state index contributed by atoms with van der Waals surface area (Å²) in [4.78, 5) is 24.4. The summed E-state index contributed by atoms with van der Waals surface area (Å²) in [7, 11) is 0. The van der Waals surface area contributed by atoms with Gasteiger partial charge < -0.3 is 15.2 Å². The Morgan fingerprint density at radius 3 is 2.44 bits per heavy atom. The lowest BCUT2D eigenvalue weighted by Gasteiger charge is -2.15. The number of rotatable bonds is 4. The molecule has 0 radical (unpaired) electrons. The average Bonchev–Trinajstić information content (AvgIpc) is 2.62. The van der Waals surface area contributed by atoms with E-state index in [1.807, 2.05) is 36.4 Å². The van der Waals surface area contributed by atoms with Crippen molar-refractivity contribution in [2.75, 3.05) is 5.32 Å². The Morgan fingerprint density at radius 2 is 1.64 bits per heavy atom. The van der Waals surface area contributed by atoms with E-state index in [4.69, 9.17) is 4.74 Å². The van der Waals surface area contributed by atoms with Gasteiger partial charge >= 0.3 is 5.97 Å². The molecule has 0 fully saturated rings. The molecule has 0 aliphatic carbocycles. The number of phenolic OH excluding ortho intramolecular Hbond substituents is 1. The molecule has 3 aromatic rings. The lowest BCUT2D eigenvalue weighted by molar-refractivity contribution is -0.123. The number of esters is 1. The van der Waals surface area contributed by atoms with E-state index >= 15 is 0 Å². The quantitative estimate of drug-likeness (QED) is 0.712. The van der Waals surface area contributed by atoms with Crippen LogP contribution in [0.25, 0.3) is 10.8 Å². The smallest absolute Gasteiger partial charge is 0.342 e. The van der Waals surface area contributed by atoms with Gasteiger partial charge in [-0.25, -0.2) is 4.79 Å². The van der Waals surface area contributed by atoms with E-state index in [-0.39, 0.29) is 11.3 Å². The Labute approximate surface area is 144 Å². The van der Waals surface area contributed by atoms with Crippen molar-refractivity contribution in [3.63, 3.8) is 0 Å². The molecule has 5 heteroatoms. The number of benzene rings is 3. The molecule has 0 bridgehead atoms. The molecule has 25 heavy (non-hydrogen) atoms. The molecule has 1 amide bonds. The minimum Gasteiger partial charge on any atom is -0.507 e. The number of para-hydroxylation sites is 1. The van der Waals surface area contributed by atoms with Crippen molar-refractivity contribution in [2.45, 2.75) is 13.0 Å². The monoisotopic (exact) mass is 335 g/mol. The molecule has 0 aromatic heterocycles. The zero-order valence-corrected chi connectivity index (χ0v) is 13.6. The largest absolute Gasteiger partial charge is 0.507 e. The second kappa shape index (κ2) is 7.05. The summed E-state index contributed by atoms with van der Waals surface area (Å²) in [5, 5.41) is 14.4. The predicted molar refractivity (Wildman–Crippen MR) is 95.6 cm³/mol. The van der Waals surface area contributed by atoms with Crippen LogP contribution in [-0.2, 0) is 9.53 Å². The van der Waals surface area contributed by atoms with Gasteiger partial charge in [0.1, 0.15) is 11.3 Å². The van der Waals surface area contributed by atoms with E-state index in [2.05, 4.69) is 5.32 Å². The number of phenols is 1. The maximum absolute atomic E-state index is 12.4. The molecule has 0 spiro atoms. The van der Waals surface area contributed by atoms with Gasteiger partial charge in [-0.1, -0.05) is 48.5 Å². The minimum absolute atomic E-state index is 0.0207. The number of carbonyl (C=O) groups excluding carboxylic acids is 2. The second-order valence-electron chi connectivity index (χ2n) is 5.58. The SMILES string of the molecule is C[C@H](OC(=O)c1ccccc1O)C(=O)Nc1cccc2ccccc12. The fourth-order valence-corrected chi connectivity index (χ4v) is 2.49. The minimum atomic E-state index is -1.01. The van der Waals surface area contributed by atoms with E-state index in [9.17, 15) is 14.7 Å².